The SMILES string of the molecule is Cc1cc(SC#N)ccc1NC(=O)COC(=O)C12C[C@@H]3C[C@@H](CC(O)(C3)C1)C2. The number of nitrogens with zero attached hydrogens (tertiary/aromatic N) is 1. The molecule has 0 heterocycles. The van der Waals surface area contributed by atoms with Crippen molar-refractivity contribution >= 4 is 29.3 Å². The molecular formula is C21H24N2O4S. The average molecular weight is 401 g/mol. The molecule has 6 nitrogen and oxygen atoms in total. The van der Waals surface area contributed by atoms with E-state index in [2.05, 4.69) is 5.32 Å². The Balaban J connectivity index is 1.35. The number of thioether (sulfide) groups is 1. The molecule has 4 aliphatic rings. The molecule has 4 bridgehead atoms. The molecule has 4 atom stereocenters. The first-order valence-electron chi connectivity index (χ1n) is 9.67. The molecule has 1 amide bonds. The summed E-state index contributed by atoms with van der Waals surface area (Å²) in [7, 11) is 0. The summed E-state index contributed by atoms with van der Waals surface area (Å²) in [6.07, 6.45) is 4.67. The van der Waals surface area contributed by atoms with E-state index in [-0.39, 0.29) is 18.5 Å². The molecule has 0 spiro atoms. The molecule has 2 unspecified atom stereocenters. The number of rotatable bonds is 5. The van der Waals surface area contributed by atoms with Crippen LogP contribution in [-0.4, -0.2) is 29.2 Å². The Morgan fingerprint density at radius 1 is 1.32 bits per heavy atom. The van der Waals surface area contributed by atoms with Gasteiger partial charge in [0.1, 0.15) is 5.40 Å². The van der Waals surface area contributed by atoms with E-state index in [0.717, 1.165) is 54.3 Å². The number of aliphatic hydroxyl groups is 1. The third-order valence-corrected chi connectivity index (χ3v) is 7.01. The Morgan fingerprint density at radius 2 is 2.04 bits per heavy atom. The van der Waals surface area contributed by atoms with Crippen LogP contribution in [0.1, 0.15) is 44.1 Å². The number of thiocyanates is 1. The number of carbonyl (C=O) groups is 2. The smallest absolute Gasteiger partial charge is 0.312 e. The number of benzene rings is 1. The minimum Gasteiger partial charge on any atom is -0.455 e. The number of nitriles is 1. The molecule has 0 radical (unpaired) electrons. The minimum atomic E-state index is -0.730. The molecule has 0 aromatic heterocycles. The van der Waals surface area contributed by atoms with E-state index in [1.54, 1.807) is 12.1 Å². The second kappa shape index (κ2) is 7.09. The zero-order valence-electron chi connectivity index (χ0n) is 15.9. The molecule has 4 fully saturated rings. The van der Waals surface area contributed by atoms with Crippen LogP contribution < -0.4 is 5.32 Å². The van der Waals surface area contributed by atoms with Gasteiger partial charge in [-0.25, -0.2) is 0 Å². The van der Waals surface area contributed by atoms with Gasteiger partial charge in [0.25, 0.3) is 5.91 Å². The molecule has 28 heavy (non-hydrogen) atoms. The van der Waals surface area contributed by atoms with Gasteiger partial charge >= 0.3 is 5.97 Å². The standard InChI is InChI=1S/C21H24N2O4S/c1-13-4-16(28-12-22)2-3-17(13)23-18(24)10-27-19(25)20-6-14-5-15(7-20)9-21(26,8-14)11-20/h2-4,14-15,26H,5-11H2,1H3,(H,23,24)/t14-,15+,20?,21?. The van der Waals surface area contributed by atoms with E-state index in [4.69, 9.17) is 10.00 Å². The van der Waals surface area contributed by atoms with E-state index in [1.165, 1.54) is 0 Å². The fraction of sp³-hybridized carbons (Fsp3) is 0.571. The number of hydrogen-bond acceptors (Lipinski definition) is 6. The van der Waals surface area contributed by atoms with Crippen LogP contribution in [0.25, 0.3) is 0 Å². The van der Waals surface area contributed by atoms with Gasteiger partial charge < -0.3 is 15.2 Å². The van der Waals surface area contributed by atoms with Gasteiger partial charge in [-0.3, -0.25) is 9.59 Å². The van der Waals surface area contributed by atoms with Crippen LogP contribution in [0.2, 0.25) is 0 Å². The Hall–Kier alpha value is -2.04. The second-order valence-corrected chi connectivity index (χ2v) is 9.62. The quantitative estimate of drug-likeness (QED) is 0.447. The normalized spacial score (nSPS) is 32.6. The third kappa shape index (κ3) is 3.63. The lowest BCUT2D eigenvalue weighted by Gasteiger charge is -2.58. The Labute approximate surface area is 168 Å². The maximum Gasteiger partial charge on any atom is 0.312 e. The molecule has 4 aliphatic carbocycles. The number of amides is 1. The molecule has 2 N–H and O–H groups in total. The summed E-state index contributed by atoms with van der Waals surface area (Å²) in [6, 6.07) is 5.33. The van der Waals surface area contributed by atoms with E-state index in [9.17, 15) is 14.7 Å². The summed E-state index contributed by atoms with van der Waals surface area (Å²) in [5.41, 5.74) is 0.118. The van der Waals surface area contributed by atoms with Crippen molar-refractivity contribution in [1.29, 1.82) is 5.26 Å². The van der Waals surface area contributed by atoms with Crippen molar-refractivity contribution in [2.24, 2.45) is 17.3 Å². The van der Waals surface area contributed by atoms with Crippen molar-refractivity contribution in [2.45, 2.75) is 55.9 Å². The van der Waals surface area contributed by atoms with Crippen molar-refractivity contribution in [3.63, 3.8) is 0 Å². The molecule has 1 aromatic carbocycles. The lowest BCUT2D eigenvalue weighted by Crippen LogP contribution is -2.58. The maximum absolute atomic E-state index is 12.8. The van der Waals surface area contributed by atoms with Crippen LogP contribution in [0.15, 0.2) is 23.1 Å². The van der Waals surface area contributed by atoms with Crippen molar-refractivity contribution in [1.82, 2.24) is 0 Å². The van der Waals surface area contributed by atoms with Gasteiger partial charge in [-0.05, 0) is 92.8 Å². The van der Waals surface area contributed by atoms with Crippen LogP contribution in [0.3, 0.4) is 0 Å². The largest absolute Gasteiger partial charge is 0.455 e. The highest BCUT2D eigenvalue weighted by molar-refractivity contribution is 8.03. The van der Waals surface area contributed by atoms with Gasteiger partial charge in [0.15, 0.2) is 6.61 Å². The van der Waals surface area contributed by atoms with E-state index in [1.807, 2.05) is 18.4 Å². The zero-order valence-corrected chi connectivity index (χ0v) is 16.7. The van der Waals surface area contributed by atoms with Crippen LogP contribution >= 0.6 is 11.8 Å². The lowest BCUT2D eigenvalue weighted by molar-refractivity contribution is -0.196. The number of esters is 1. The minimum absolute atomic E-state index is 0.331. The molecule has 7 heteroatoms. The molecule has 0 aliphatic heterocycles. The summed E-state index contributed by atoms with van der Waals surface area (Å²) in [6.45, 7) is 1.52. The topological polar surface area (TPSA) is 99.4 Å². The molecule has 148 valence electrons. The summed E-state index contributed by atoms with van der Waals surface area (Å²) in [5.74, 6) is 0.0494. The van der Waals surface area contributed by atoms with Crippen LogP contribution in [0, 0.1) is 34.8 Å². The molecule has 4 saturated carbocycles. The van der Waals surface area contributed by atoms with E-state index >= 15 is 0 Å². The Morgan fingerprint density at radius 3 is 2.64 bits per heavy atom. The van der Waals surface area contributed by atoms with Crippen LogP contribution in [0.5, 0.6) is 0 Å². The number of nitrogens with one attached hydrogen (secondary N) is 1. The monoisotopic (exact) mass is 400 g/mol. The number of hydrogen-bond donors (Lipinski definition) is 2. The van der Waals surface area contributed by atoms with Gasteiger partial charge in [0, 0.05) is 10.6 Å². The predicted molar refractivity (Wildman–Crippen MR) is 104 cm³/mol. The van der Waals surface area contributed by atoms with Gasteiger partial charge in [-0.15, -0.1) is 0 Å². The number of carbonyl (C=O) groups excluding carboxylic acids is 2. The average Bonchev–Trinajstić information content (AvgIpc) is 2.60. The highest BCUT2D eigenvalue weighted by atomic mass is 32.2. The van der Waals surface area contributed by atoms with Gasteiger partial charge in [-0.1, -0.05) is 0 Å². The van der Waals surface area contributed by atoms with Crippen LogP contribution in [-0.2, 0) is 14.3 Å². The third-order valence-electron chi connectivity index (χ3n) is 6.43. The summed E-state index contributed by atoms with van der Waals surface area (Å²) >= 11 is 1.06. The van der Waals surface area contributed by atoms with Crippen molar-refractivity contribution < 1.29 is 19.4 Å². The fourth-order valence-corrected chi connectivity index (χ4v) is 6.29. The first-order chi connectivity index (χ1) is 13.3. The van der Waals surface area contributed by atoms with Crippen molar-refractivity contribution in [3.05, 3.63) is 23.8 Å². The van der Waals surface area contributed by atoms with Gasteiger partial charge in [-0.2, -0.15) is 5.26 Å². The molecular weight excluding hydrogens is 376 g/mol. The molecule has 0 saturated heterocycles. The number of aryl methyl sites for hydroxylation is 1. The second-order valence-electron chi connectivity index (χ2n) is 8.76. The Bertz CT molecular complexity index is 848. The highest BCUT2D eigenvalue weighted by Crippen LogP contribution is 2.61. The van der Waals surface area contributed by atoms with Crippen LogP contribution in [0.4, 0.5) is 5.69 Å². The van der Waals surface area contributed by atoms with Crippen molar-refractivity contribution in [3.8, 4) is 5.40 Å². The number of ether oxygens (including phenoxy) is 1. The Kier molecular flexibility index (Phi) is 4.88. The predicted octanol–water partition coefficient (Wildman–Crippen LogP) is 3.38. The first kappa shape index (κ1) is 19.3. The lowest BCUT2D eigenvalue weighted by atomic mass is 9.48. The van der Waals surface area contributed by atoms with E-state index in [0.29, 0.717) is 23.9 Å². The van der Waals surface area contributed by atoms with E-state index < -0.39 is 11.0 Å². The summed E-state index contributed by atoms with van der Waals surface area (Å²) in [4.78, 5) is 25.9. The maximum atomic E-state index is 12.8. The fourth-order valence-electron chi connectivity index (χ4n) is 5.82. The van der Waals surface area contributed by atoms with Gasteiger partial charge in [0.05, 0.1) is 11.0 Å². The van der Waals surface area contributed by atoms with Gasteiger partial charge in [0.2, 0.25) is 0 Å². The van der Waals surface area contributed by atoms with Crippen molar-refractivity contribution in [2.75, 3.05) is 11.9 Å². The molecule has 5 rings (SSSR count). The highest BCUT2D eigenvalue weighted by Gasteiger charge is 2.60. The number of anilines is 1. The first-order valence-corrected chi connectivity index (χ1v) is 10.5. The zero-order chi connectivity index (χ0) is 19.9. The summed E-state index contributed by atoms with van der Waals surface area (Å²) < 4.78 is 5.40. The summed E-state index contributed by atoms with van der Waals surface area (Å²) in [5, 5.41) is 24.3. The molecule has 1 aromatic rings.